The smallest absolute Gasteiger partial charge is 0.278 e. The Balaban J connectivity index is 1.32. The van der Waals surface area contributed by atoms with E-state index in [1.54, 1.807) is 29.4 Å². The second-order valence-corrected chi connectivity index (χ2v) is 8.07. The highest BCUT2D eigenvalue weighted by Gasteiger charge is 2.23. The molecule has 1 fully saturated rings. The normalized spacial score (nSPS) is 14.0. The second kappa shape index (κ2) is 8.78. The maximum Gasteiger partial charge on any atom is 0.278 e. The molecular weight excluding hydrogens is 418 g/mol. The van der Waals surface area contributed by atoms with Crippen molar-refractivity contribution in [2.45, 2.75) is 13.5 Å². The van der Waals surface area contributed by atoms with Crippen LogP contribution in [-0.2, 0) is 11.3 Å². The monoisotopic (exact) mass is 441 g/mol. The van der Waals surface area contributed by atoms with Crippen molar-refractivity contribution >= 4 is 22.8 Å². The molecule has 33 heavy (non-hydrogen) atoms. The molecule has 3 heterocycles. The van der Waals surface area contributed by atoms with Crippen molar-refractivity contribution in [2.75, 3.05) is 31.1 Å². The Bertz CT molecular complexity index is 1350. The lowest BCUT2D eigenvalue weighted by Crippen LogP contribution is -2.50. The van der Waals surface area contributed by atoms with Crippen molar-refractivity contribution in [1.82, 2.24) is 29.9 Å². The summed E-state index contributed by atoms with van der Waals surface area (Å²) in [4.78, 5) is 38.3. The summed E-state index contributed by atoms with van der Waals surface area (Å²) in [7, 11) is 0. The molecule has 1 amide bonds. The van der Waals surface area contributed by atoms with Gasteiger partial charge in [-0.3, -0.25) is 9.59 Å². The van der Waals surface area contributed by atoms with E-state index in [4.69, 9.17) is 0 Å². The van der Waals surface area contributed by atoms with Crippen LogP contribution in [-0.4, -0.2) is 61.9 Å². The molecule has 0 atom stereocenters. The maximum absolute atomic E-state index is 13.1. The van der Waals surface area contributed by atoms with E-state index >= 15 is 0 Å². The number of carbonyl (C=O) groups is 1. The largest absolute Gasteiger partial charge is 0.338 e. The number of fused-ring (bicyclic) bond motifs is 1. The summed E-state index contributed by atoms with van der Waals surface area (Å²) < 4.78 is 1.15. The number of carbonyl (C=O) groups excluding carboxylic acids is 1. The first-order valence-electron chi connectivity index (χ1n) is 10.8. The number of piperazine rings is 1. The van der Waals surface area contributed by atoms with Gasteiger partial charge in [-0.25, -0.2) is 14.6 Å². The molecule has 1 aliphatic rings. The molecule has 0 unspecified atom stereocenters. The topological polar surface area (TPSA) is 97.1 Å². The number of benzene rings is 2. The summed E-state index contributed by atoms with van der Waals surface area (Å²) in [6.07, 6.45) is 3.41. The molecule has 0 saturated carbocycles. The number of rotatable bonds is 4. The van der Waals surface area contributed by atoms with Gasteiger partial charge in [-0.05, 0) is 36.2 Å². The Morgan fingerprint density at radius 2 is 1.64 bits per heavy atom. The van der Waals surface area contributed by atoms with Gasteiger partial charge in [-0.15, -0.1) is 5.10 Å². The van der Waals surface area contributed by atoms with Gasteiger partial charge in [-0.1, -0.05) is 41.1 Å². The minimum Gasteiger partial charge on any atom is -0.338 e. The van der Waals surface area contributed by atoms with E-state index in [-0.39, 0.29) is 18.0 Å². The molecule has 2 aromatic heterocycles. The molecule has 4 aromatic rings. The van der Waals surface area contributed by atoms with Gasteiger partial charge in [0.2, 0.25) is 11.9 Å². The molecule has 2 aromatic carbocycles. The Morgan fingerprint density at radius 3 is 2.36 bits per heavy atom. The summed E-state index contributed by atoms with van der Waals surface area (Å²) in [6.45, 7) is 4.22. The predicted molar refractivity (Wildman–Crippen MR) is 125 cm³/mol. The molecule has 5 rings (SSSR count). The zero-order valence-electron chi connectivity index (χ0n) is 18.3. The zero-order valence-corrected chi connectivity index (χ0v) is 18.3. The summed E-state index contributed by atoms with van der Waals surface area (Å²) in [6, 6.07) is 15.4. The van der Waals surface area contributed by atoms with Crippen LogP contribution in [0.5, 0.6) is 0 Å². The molecule has 0 N–H and O–H groups in total. The lowest BCUT2D eigenvalue weighted by atomic mass is 10.0. The third kappa shape index (κ3) is 4.30. The van der Waals surface area contributed by atoms with Gasteiger partial charge in [-0.2, -0.15) is 0 Å². The van der Waals surface area contributed by atoms with E-state index in [2.05, 4.69) is 20.3 Å². The summed E-state index contributed by atoms with van der Waals surface area (Å²) in [5.74, 6) is 0.500. The van der Waals surface area contributed by atoms with Crippen molar-refractivity contribution in [3.8, 4) is 11.1 Å². The third-order valence-corrected chi connectivity index (χ3v) is 5.86. The highest BCUT2D eigenvalue weighted by molar-refractivity contribution is 5.83. The van der Waals surface area contributed by atoms with Crippen LogP contribution in [0.4, 0.5) is 5.95 Å². The SMILES string of the molecule is Cc1ccc(-c2ccc3nnn(CC(=O)N4CCN(c5ncccn5)CC4)c(=O)c3c2)cc1. The fourth-order valence-electron chi connectivity index (χ4n) is 3.94. The van der Waals surface area contributed by atoms with Crippen LogP contribution >= 0.6 is 0 Å². The van der Waals surface area contributed by atoms with E-state index in [1.807, 2.05) is 48.2 Å². The van der Waals surface area contributed by atoms with Gasteiger partial charge in [0.15, 0.2) is 0 Å². The molecular formula is C24H23N7O2. The highest BCUT2D eigenvalue weighted by Crippen LogP contribution is 2.22. The summed E-state index contributed by atoms with van der Waals surface area (Å²) in [5.41, 5.74) is 3.30. The average Bonchev–Trinajstić information content (AvgIpc) is 2.87. The number of hydrogen-bond donors (Lipinski definition) is 0. The second-order valence-electron chi connectivity index (χ2n) is 8.07. The Hall–Kier alpha value is -4.14. The minimum atomic E-state index is -0.321. The van der Waals surface area contributed by atoms with E-state index in [0.29, 0.717) is 43.0 Å². The maximum atomic E-state index is 13.1. The number of aromatic nitrogens is 5. The molecule has 9 heteroatoms. The number of anilines is 1. The summed E-state index contributed by atoms with van der Waals surface area (Å²) >= 11 is 0. The van der Waals surface area contributed by atoms with E-state index < -0.39 is 0 Å². The lowest BCUT2D eigenvalue weighted by Gasteiger charge is -2.34. The first-order chi connectivity index (χ1) is 16.1. The highest BCUT2D eigenvalue weighted by atomic mass is 16.2. The first-order valence-corrected chi connectivity index (χ1v) is 10.8. The number of hydrogen-bond acceptors (Lipinski definition) is 7. The first kappa shape index (κ1) is 20.7. The molecule has 166 valence electrons. The molecule has 0 radical (unpaired) electrons. The van der Waals surface area contributed by atoms with Crippen LogP contribution in [0.1, 0.15) is 5.56 Å². The van der Waals surface area contributed by atoms with Gasteiger partial charge >= 0.3 is 0 Å². The number of aryl methyl sites for hydroxylation is 1. The quantitative estimate of drug-likeness (QED) is 0.477. The number of nitrogens with zero attached hydrogens (tertiary/aromatic N) is 7. The molecule has 0 bridgehead atoms. The fraction of sp³-hybridized carbons (Fsp3) is 0.250. The Morgan fingerprint density at radius 1 is 0.939 bits per heavy atom. The van der Waals surface area contributed by atoms with Crippen molar-refractivity contribution in [3.63, 3.8) is 0 Å². The fourth-order valence-corrected chi connectivity index (χ4v) is 3.94. The molecule has 0 spiro atoms. The van der Waals surface area contributed by atoms with Gasteiger partial charge in [0.25, 0.3) is 5.56 Å². The van der Waals surface area contributed by atoms with E-state index in [9.17, 15) is 9.59 Å². The average molecular weight is 441 g/mol. The van der Waals surface area contributed by atoms with Gasteiger partial charge in [0.05, 0.1) is 5.39 Å². The standard InChI is InChI=1S/C24H23N7O2/c1-17-3-5-18(6-4-17)19-7-8-21-20(15-19)23(33)31(28-27-21)16-22(32)29-11-13-30(14-12-29)24-25-9-2-10-26-24/h2-10,15H,11-14,16H2,1H3. The van der Waals surface area contributed by atoms with E-state index in [0.717, 1.165) is 15.8 Å². The van der Waals surface area contributed by atoms with Gasteiger partial charge in [0, 0.05) is 38.6 Å². The third-order valence-electron chi connectivity index (χ3n) is 5.86. The van der Waals surface area contributed by atoms with Gasteiger partial charge < -0.3 is 9.80 Å². The Kier molecular flexibility index (Phi) is 5.52. The number of amides is 1. The van der Waals surface area contributed by atoms with Gasteiger partial charge in [0.1, 0.15) is 12.1 Å². The molecule has 1 aliphatic heterocycles. The van der Waals surface area contributed by atoms with Crippen LogP contribution in [0.2, 0.25) is 0 Å². The van der Waals surface area contributed by atoms with Crippen LogP contribution in [0.3, 0.4) is 0 Å². The van der Waals surface area contributed by atoms with Crippen molar-refractivity contribution in [3.05, 3.63) is 76.8 Å². The van der Waals surface area contributed by atoms with Crippen LogP contribution in [0, 0.1) is 6.92 Å². The van der Waals surface area contributed by atoms with E-state index in [1.165, 1.54) is 5.56 Å². The Labute approximate surface area is 190 Å². The zero-order chi connectivity index (χ0) is 22.8. The van der Waals surface area contributed by atoms with Crippen molar-refractivity contribution in [1.29, 1.82) is 0 Å². The minimum absolute atomic E-state index is 0.141. The predicted octanol–water partition coefficient (Wildman–Crippen LogP) is 1.91. The van der Waals surface area contributed by atoms with Crippen LogP contribution in [0.25, 0.3) is 22.0 Å². The lowest BCUT2D eigenvalue weighted by molar-refractivity contribution is -0.132. The van der Waals surface area contributed by atoms with Crippen molar-refractivity contribution in [2.24, 2.45) is 0 Å². The van der Waals surface area contributed by atoms with Crippen LogP contribution in [0.15, 0.2) is 65.7 Å². The van der Waals surface area contributed by atoms with Crippen molar-refractivity contribution < 1.29 is 4.79 Å². The summed E-state index contributed by atoms with van der Waals surface area (Å²) in [5, 5.41) is 8.60. The molecule has 0 aliphatic carbocycles. The molecule has 9 nitrogen and oxygen atoms in total. The molecule has 1 saturated heterocycles. The van der Waals surface area contributed by atoms with Crippen LogP contribution < -0.4 is 10.5 Å².